The number of nitrogen functional groups attached to an aromatic ring is 1. The first-order chi connectivity index (χ1) is 5.15. The van der Waals surface area contributed by atoms with Gasteiger partial charge in [-0.15, -0.1) is 0 Å². The van der Waals surface area contributed by atoms with E-state index in [0.29, 0.717) is 6.07 Å². The standard InChI is InChI=1S/C7H7F2NO/c1-11-6-3-4(8)2-5(9)7(6)10/h2-3H,10H2,1H3. The number of hydrogen-bond donors (Lipinski definition) is 1. The summed E-state index contributed by atoms with van der Waals surface area (Å²) < 4.78 is 29.6. The molecule has 0 aromatic heterocycles. The lowest BCUT2D eigenvalue weighted by Crippen LogP contribution is -1.96. The van der Waals surface area contributed by atoms with Crippen LogP contribution in [0.2, 0.25) is 0 Å². The molecule has 0 radical (unpaired) electrons. The zero-order valence-corrected chi connectivity index (χ0v) is 5.90. The van der Waals surface area contributed by atoms with E-state index in [1.807, 2.05) is 0 Å². The second-order valence-corrected chi connectivity index (χ2v) is 2.00. The van der Waals surface area contributed by atoms with Crippen molar-refractivity contribution >= 4 is 5.69 Å². The Kier molecular flexibility index (Phi) is 1.94. The average Bonchev–Trinajstić information content (AvgIpc) is 1.96. The molecular weight excluding hydrogens is 152 g/mol. The Morgan fingerprint density at radius 1 is 1.36 bits per heavy atom. The molecule has 0 atom stereocenters. The van der Waals surface area contributed by atoms with Gasteiger partial charge in [-0.25, -0.2) is 8.78 Å². The molecular formula is C7H7F2NO. The zero-order valence-electron chi connectivity index (χ0n) is 5.90. The molecule has 11 heavy (non-hydrogen) atoms. The van der Waals surface area contributed by atoms with E-state index in [1.165, 1.54) is 7.11 Å². The Hall–Kier alpha value is -1.32. The lowest BCUT2D eigenvalue weighted by molar-refractivity contribution is 0.410. The molecule has 0 unspecified atom stereocenters. The van der Waals surface area contributed by atoms with Crippen LogP contribution < -0.4 is 10.5 Å². The summed E-state index contributed by atoms with van der Waals surface area (Å²) in [5, 5.41) is 0. The van der Waals surface area contributed by atoms with Crippen molar-refractivity contribution in [1.29, 1.82) is 0 Å². The molecule has 60 valence electrons. The third-order valence-corrected chi connectivity index (χ3v) is 1.28. The van der Waals surface area contributed by atoms with Crippen LogP contribution in [0.4, 0.5) is 14.5 Å². The predicted octanol–water partition coefficient (Wildman–Crippen LogP) is 1.56. The van der Waals surface area contributed by atoms with E-state index < -0.39 is 11.6 Å². The summed E-state index contributed by atoms with van der Waals surface area (Å²) in [5.74, 6) is -1.49. The van der Waals surface area contributed by atoms with Gasteiger partial charge >= 0.3 is 0 Å². The van der Waals surface area contributed by atoms with Crippen molar-refractivity contribution in [2.45, 2.75) is 0 Å². The van der Waals surface area contributed by atoms with Gasteiger partial charge in [0.25, 0.3) is 0 Å². The van der Waals surface area contributed by atoms with E-state index in [2.05, 4.69) is 4.74 Å². The first kappa shape index (κ1) is 7.78. The molecule has 0 aliphatic carbocycles. The highest BCUT2D eigenvalue weighted by Gasteiger charge is 2.07. The minimum Gasteiger partial charge on any atom is -0.494 e. The summed E-state index contributed by atoms with van der Waals surface area (Å²) >= 11 is 0. The fraction of sp³-hybridized carbons (Fsp3) is 0.143. The number of rotatable bonds is 1. The molecule has 0 bridgehead atoms. The lowest BCUT2D eigenvalue weighted by Gasteiger charge is -2.03. The number of anilines is 1. The van der Waals surface area contributed by atoms with E-state index >= 15 is 0 Å². The van der Waals surface area contributed by atoms with Crippen LogP contribution in [0.3, 0.4) is 0 Å². The van der Waals surface area contributed by atoms with Gasteiger partial charge < -0.3 is 10.5 Å². The van der Waals surface area contributed by atoms with Crippen LogP contribution in [0.1, 0.15) is 0 Å². The first-order valence-corrected chi connectivity index (χ1v) is 2.93. The molecule has 2 N–H and O–H groups in total. The highest BCUT2D eigenvalue weighted by Crippen LogP contribution is 2.24. The molecule has 0 heterocycles. The molecule has 0 aliphatic rings. The van der Waals surface area contributed by atoms with Crippen molar-refractivity contribution in [3.05, 3.63) is 23.8 Å². The van der Waals surface area contributed by atoms with Gasteiger partial charge in [0, 0.05) is 12.1 Å². The Bertz CT molecular complexity index is 275. The Morgan fingerprint density at radius 2 is 2.00 bits per heavy atom. The van der Waals surface area contributed by atoms with E-state index in [1.54, 1.807) is 0 Å². The molecule has 0 saturated heterocycles. The number of benzene rings is 1. The fourth-order valence-corrected chi connectivity index (χ4v) is 0.730. The van der Waals surface area contributed by atoms with E-state index in [4.69, 9.17) is 5.73 Å². The van der Waals surface area contributed by atoms with Crippen LogP contribution in [0, 0.1) is 11.6 Å². The van der Waals surface area contributed by atoms with E-state index in [-0.39, 0.29) is 11.4 Å². The average molecular weight is 159 g/mol. The molecule has 0 amide bonds. The predicted molar refractivity (Wildman–Crippen MR) is 37.3 cm³/mol. The Labute approximate surface area is 62.6 Å². The molecule has 1 aromatic carbocycles. The van der Waals surface area contributed by atoms with Gasteiger partial charge in [-0.2, -0.15) is 0 Å². The van der Waals surface area contributed by atoms with Crippen LogP contribution in [-0.2, 0) is 0 Å². The normalized spacial score (nSPS) is 9.73. The summed E-state index contributed by atoms with van der Waals surface area (Å²) in [6.45, 7) is 0. The number of halogens is 2. The summed E-state index contributed by atoms with van der Waals surface area (Å²) in [6, 6.07) is 1.73. The van der Waals surface area contributed by atoms with Crippen molar-refractivity contribution in [3.63, 3.8) is 0 Å². The van der Waals surface area contributed by atoms with Gasteiger partial charge in [0.05, 0.1) is 7.11 Å². The van der Waals surface area contributed by atoms with Crippen LogP contribution >= 0.6 is 0 Å². The molecule has 0 aliphatic heterocycles. The Balaban J connectivity index is 3.24. The SMILES string of the molecule is COc1cc(F)cc(F)c1N. The summed E-state index contributed by atoms with van der Waals surface area (Å²) in [5.41, 5.74) is 5.02. The van der Waals surface area contributed by atoms with Gasteiger partial charge in [-0.3, -0.25) is 0 Å². The van der Waals surface area contributed by atoms with E-state index in [9.17, 15) is 8.78 Å². The van der Waals surface area contributed by atoms with E-state index in [0.717, 1.165) is 6.07 Å². The van der Waals surface area contributed by atoms with Crippen molar-refractivity contribution in [3.8, 4) is 5.75 Å². The van der Waals surface area contributed by atoms with Crippen LogP contribution in [0.15, 0.2) is 12.1 Å². The lowest BCUT2D eigenvalue weighted by atomic mass is 10.3. The van der Waals surface area contributed by atoms with Gasteiger partial charge in [0.1, 0.15) is 17.3 Å². The van der Waals surface area contributed by atoms with Crippen LogP contribution in [0.25, 0.3) is 0 Å². The number of ether oxygens (including phenoxy) is 1. The molecule has 0 saturated carbocycles. The first-order valence-electron chi connectivity index (χ1n) is 2.93. The van der Waals surface area contributed by atoms with Crippen molar-refractivity contribution in [2.24, 2.45) is 0 Å². The monoisotopic (exact) mass is 159 g/mol. The second-order valence-electron chi connectivity index (χ2n) is 2.00. The van der Waals surface area contributed by atoms with Crippen molar-refractivity contribution < 1.29 is 13.5 Å². The Morgan fingerprint density at radius 3 is 2.55 bits per heavy atom. The minimum atomic E-state index is -0.804. The highest BCUT2D eigenvalue weighted by molar-refractivity contribution is 5.53. The maximum absolute atomic E-state index is 12.6. The quantitative estimate of drug-likeness (QED) is 0.631. The van der Waals surface area contributed by atoms with Crippen LogP contribution in [0.5, 0.6) is 5.75 Å². The molecule has 0 spiro atoms. The molecule has 1 rings (SSSR count). The molecule has 1 aromatic rings. The smallest absolute Gasteiger partial charge is 0.152 e. The maximum atomic E-state index is 12.6. The van der Waals surface area contributed by atoms with Gasteiger partial charge in [0.2, 0.25) is 0 Å². The number of nitrogens with two attached hydrogens (primary N) is 1. The largest absolute Gasteiger partial charge is 0.494 e. The third kappa shape index (κ3) is 1.39. The molecule has 2 nitrogen and oxygen atoms in total. The number of hydrogen-bond acceptors (Lipinski definition) is 2. The highest BCUT2D eigenvalue weighted by atomic mass is 19.1. The maximum Gasteiger partial charge on any atom is 0.152 e. The van der Waals surface area contributed by atoms with Crippen LogP contribution in [-0.4, -0.2) is 7.11 Å². The topological polar surface area (TPSA) is 35.2 Å². The number of methoxy groups -OCH3 is 1. The minimum absolute atomic E-state index is 0.0162. The summed E-state index contributed by atoms with van der Waals surface area (Å²) in [4.78, 5) is 0. The van der Waals surface area contributed by atoms with Crippen molar-refractivity contribution in [2.75, 3.05) is 12.8 Å². The third-order valence-electron chi connectivity index (χ3n) is 1.28. The molecule has 4 heteroatoms. The van der Waals surface area contributed by atoms with Gasteiger partial charge in [-0.05, 0) is 0 Å². The van der Waals surface area contributed by atoms with Gasteiger partial charge in [0.15, 0.2) is 5.82 Å². The van der Waals surface area contributed by atoms with Gasteiger partial charge in [-0.1, -0.05) is 0 Å². The van der Waals surface area contributed by atoms with Crippen molar-refractivity contribution in [1.82, 2.24) is 0 Å². The second kappa shape index (κ2) is 2.74. The zero-order chi connectivity index (χ0) is 8.43. The summed E-state index contributed by atoms with van der Waals surface area (Å²) in [6.07, 6.45) is 0. The fourth-order valence-electron chi connectivity index (χ4n) is 0.730. The molecule has 0 fully saturated rings. The summed E-state index contributed by atoms with van der Waals surface area (Å²) in [7, 11) is 1.30.